The maximum Gasteiger partial charge on any atom is 0.235 e. The molecule has 0 bridgehead atoms. The van der Waals surface area contributed by atoms with Crippen molar-refractivity contribution < 1.29 is 9.59 Å². The zero-order valence-electron chi connectivity index (χ0n) is 12.4. The zero-order chi connectivity index (χ0) is 20.1. The number of hydrogen-bond acceptors (Lipinski definition) is 6. The predicted octanol–water partition coefficient (Wildman–Crippen LogP) is 4.39. The Morgan fingerprint density at radius 3 is 1.23 bits per heavy atom. The summed E-state index contributed by atoms with van der Waals surface area (Å²) in [6.45, 7) is 0. The number of carbonyl (C=O) groups excluding carboxylic acids is 2. The van der Waals surface area contributed by atoms with E-state index in [4.69, 9.17) is 22.3 Å². The molecule has 2 rings (SSSR count). The molecule has 0 radical (unpaired) electrons. The number of alkyl halides is 2. The van der Waals surface area contributed by atoms with E-state index in [0.717, 1.165) is 0 Å². The third kappa shape index (κ3) is 4.09. The van der Waals surface area contributed by atoms with Crippen LogP contribution >= 0.6 is 136 Å². The second kappa shape index (κ2) is 9.18. The molecule has 0 spiro atoms. The van der Waals surface area contributed by atoms with Crippen molar-refractivity contribution in [2.24, 2.45) is 11.5 Å². The third-order valence-electron chi connectivity index (χ3n) is 3.57. The Kier molecular flexibility index (Phi) is 8.44. The predicted molar refractivity (Wildman–Crippen MR) is 154 cm³/mol. The van der Waals surface area contributed by atoms with Crippen LogP contribution in [0.4, 0.5) is 0 Å². The number of halogens is 6. The molecule has 2 aliphatic carbocycles. The van der Waals surface area contributed by atoms with Crippen molar-refractivity contribution in [3.8, 4) is 0 Å². The van der Waals surface area contributed by atoms with Gasteiger partial charge in [0.15, 0.2) is 0 Å². The standard InChI is InChI=1S/C14H8I6N4O2/c15-3-1(4(16)10(22)7(19)9(3)21)13(25)14(26)2-5(17)11(23)8(20)12(24)6(2)18/h7-8,21,23H,22,24H2. The monoisotopic (exact) mass is 1030 g/mol. The van der Waals surface area contributed by atoms with Crippen LogP contribution < -0.4 is 11.5 Å². The van der Waals surface area contributed by atoms with E-state index >= 15 is 0 Å². The number of ketones is 2. The average molecular weight is 1030 g/mol. The first kappa shape index (κ1) is 23.9. The highest BCUT2D eigenvalue weighted by atomic mass is 127. The first-order chi connectivity index (χ1) is 11.9. The Bertz CT molecular complexity index is 840. The maximum absolute atomic E-state index is 13.0. The Labute approximate surface area is 231 Å². The summed E-state index contributed by atoms with van der Waals surface area (Å²) in [5, 5.41) is 16.3. The largest absolute Gasteiger partial charge is 0.400 e. The number of Topliss-reactive ketones (excluding diaryl/α,β-unsaturated/α-hetero) is 2. The molecular weight excluding hydrogens is 1020 g/mol. The molecule has 2 unspecified atom stereocenters. The Hall–Kier alpha value is 1.62. The summed E-state index contributed by atoms with van der Waals surface area (Å²) in [7, 11) is 0. The highest BCUT2D eigenvalue weighted by Crippen LogP contribution is 2.41. The van der Waals surface area contributed by atoms with Crippen molar-refractivity contribution >= 4 is 159 Å². The summed E-state index contributed by atoms with van der Waals surface area (Å²) in [5.41, 5.74) is 13.6. The van der Waals surface area contributed by atoms with Crippen molar-refractivity contribution in [1.29, 1.82) is 10.8 Å². The number of rotatable bonds is 3. The van der Waals surface area contributed by atoms with Gasteiger partial charge in [-0.25, -0.2) is 0 Å². The number of hydrogen-bond donors (Lipinski definition) is 4. The lowest BCUT2D eigenvalue weighted by Crippen LogP contribution is -2.34. The van der Waals surface area contributed by atoms with E-state index in [0.29, 0.717) is 25.7 Å². The molecule has 6 N–H and O–H groups in total. The number of allylic oxidation sites excluding steroid dienone is 8. The van der Waals surface area contributed by atoms with Gasteiger partial charge >= 0.3 is 0 Å². The first-order valence-corrected chi connectivity index (χ1v) is 13.4. The second-order valence-corrected chi connectivity index (χ2v) is 11.9. The molecule has 12 heteroatoms. The average Bonchev–Trinajstić information content (AvgIpc) is 2.61. The summed E-state index contributed by atoms with van der Waals surface area (Å²) >= 11 is 11.8. The molecule has 0 saturated heterocycles. The van der Waals surface area contributed by atoms with Gasteiger partial charge in [0.1, 0.15) is 0 Å². The lowest BCUT2D eigenvalue weighted by Gasteiger charge is -2.25. The van der Waals surface area contributed by atoms with Crippen molar-refractivity contribution in [3.05, 3.63) is 36.9 Å². The number of carbonyl (C=O) groups is 2. The first-order valence-electron chi connectivity index (χ1n) is 6.58. The SMILES string of the molecule is N=C1C(I)=C(C(=O)C(=O)C2=C(I)C(=N)C(I)C(N)=C2I)C(I)=C(N)C1I. The topological polar surface area (TPSA) is 134 Å². The van der Waals surface area contributed by atoms with Crippen LogP contribution in [-0.2, 0) is 9.59 Å². The molecule has 26 heavy (non-hydrogen) atoms. The molecule has 0 fully saturated rings. The van der Waals surface area contributed by atoms with Crippen molar-refractivity contribution in [2.75, 3.05) is 0 Å². The minimum atomic E-state index is -0.736. The van der Waals surface area contributed by atoms with Crippen LogP contribution in [-0.4, -0.2) is 30.8 Å². The number of nitrogens with one attached hydrogen (secondary N) is 2. The molecule has 2 aliphatic rings. The van der Waals surface area contributed by atoms with Gasteiger partial charge in [0, 0.05) is 25.7 Å². The molecule has 0 amide bonds. The van der Waals surface area contributed by atoms with E-state index < -0.39 is 11.6 Å². The van der Waals surface area contributed by atoms with Gasteiger partial charge in [-0.1, -0.05) is 45.2 Å². The van der Waals surface area contributed by atoms with Gasteiger partial charge < -0.3 is 22.3 Å². The molecule has 0 aromatic rings. The van der Waals surface area contributed by atoms with Gasteiger partial charge in [-0.2, -0.15) is 0 Å². The van der Waals surface area contributed by atoms with Gasteiger partial charge in [-0.05, 0) is 90.4 Å². The molecule has 2 atom stereocenters. The van der Waals surface area contributed by atoms with E-state index in [1.807, 2.05) is 136 Å². The highest BCUT2D eigenvalue weighted by molar-refractivity contribution is 14.1. The van der Waals surface area contributed by atoms with E-state index in [1.54, 1.807) is 0 Å². The molecule has 0 aromatic carbocycles. The van der Waals surface area contributed by atoms with Crippen LogP contribution in [0.2, 0.25) is 0 Å². The molecule has 0 aromatic heterocycles. The lowest BCUT2D eigenvalue weighted by molar-refractivity contribution is -0.131. The zero-order valence-corrected chi connectivity index (χ0v) is 25.3. The minimum absolute atomic E-state index is 0.147. The number of nitrogens with two attached hydrogens (primary N) is 2. The van der Waals surface area contributed by atoms with Crippen LogP contribution in [0.5, 0.6) is 0 Å². The molecule has 6 nitrogen and oxygen atoms in total. The van der Waals surface area contributed by atoms with Crippen molar-refractivity contribution in [3.63, 3.8) is 0 Å². The van der Waals surface area contributed by atoms with E-state index in [-0.39, 0.29) is 30.4 Å². The Morgan fingerprint density at radius 1 is 0.692 bits per heavy atom. The fourth-order valence-corrected chi connectivity index (χ4v) is 10.1. The van der Waals surface area contributed by atoms with Gasteiger partial charge in [0.05, 0.1) is 30.4 Å². The van der Waals surface area contributed by atoms with Crippen molar-refractivity contribution in [2.45, 2.75) is 7.85 Å². The molecule has 138 valence electrons. The van der Waals surface area contributed by atoms with Gasteiger partial charge in [-0.15, -0.1) is 0 Å². The molecule has 0 heterocycles. The summed E-state index contributed by atoms with van der Waals surface area (Å²) < 4.78 is 1.13. The van der Waals surface area contributed by atoms with Gasteiger partial charge in [0.25, 0.3) is 0 Å². The fourth-order valence-electron chi connectivity index (χ4n) is 2.13. The van der Waals surface area contributed by atoms with Gasteiger partial charge in [-0.3, -0.25) is 9.59 Å². The Balaban J connectivity index is 2.60. The highest BCUT2D eigenvalue weighted by Gasteiger charge is 2.39. The lowest BCUT2D eigenvalue weighted by atomic mass is 9.92. The third-order valence-corrected chi connectivity index (χ3v) is 10.7. The fraction of sp³-hybridized carbons (Fsp3) is 0.143. The van der Waals surface area contributed by atoms with E-state index in [9.17, 15) is 9.59 Å². The normalized spacial score (nSPS) is 24.7. The van der Waals surface area contributed by atoms with E-state index in [1.165, 1.54) is 0 Å². The molecule has 0 aliphatic heterocycles. The van der Waals surface area contributed by atoms with Crippen LogP contribution in [0.25, 0.3) is 0 Å². The van der Waals surface area contributed by atoms with Crippen LogP contribution in [0, 0.1) is 10.8 Å². The van der Waals surface area contributed by atoms with E-state index in [2.05, 4.69) is 0 Å². The Morgan fingerprint density at radius 2 is 0.962 bits per heavy atom. The van der Waals surface area contributed by atoms with Gasteiger partial charge in [0.2, 0.25) is 11.6 Å². The maximum atomic E-state index is 13.0. The van der Waals surface area contributed by atoms with Crippen LogP contribution in [0.3, 0.4) is 0 Å². The second-order valence-electron chi connectivity index (χ2n) is 5.13. The van der Waals surface area contributed by atoms with Crippen LogP contribution in [0.15, 0.2) is 36.9 Å². The quantitative estimate of drug-likeness (QED) is 0.190. The molecule has 0 saturated carbocycles. The van der Waals surface area contributed by atoms with Crippen molar-refractivity contribution in [1.82, 2.24) is 0 Å². The molecular formula is C14H8I6N4O2. The summed E-state index contributed by atoms with van der Waals surface area (Å²) in [6, 6.07) is 0. The summed E-state index contributed by atoms with van der Waals surface area (Å²) in [4.78, 5) is 26.0. The van der Waals surface area contributed by atoms with Crippen LogP contribution in [0.1, 0.15) is 0 Å². The summed E-state index contributed by atoms with van der Waals surface area (Å²) in [5.74, 6) is -1.47. The minimum Gasteiger partial charge on any atom is -0.400 e. The smallest absolute Gasteiger partial charge is 0.235 e. The summed E-state index contributed by atoms with van der Waals surface area (Å²) in [6.07, 6.45) is 0.